The molecule has 4 atom stereocenters. The van der Waals surface area contributed by atoms with Gasteiger partial charge in [-0.25, -0.2) is 4.79 Å². The predicted octanol–water partition coefficient (Wildman–Crippen LogP) is -2.03. The van der Waals surface area contributed by atoms with Crippen molar-refractivity contribution in [1.82, 2.24) is 20.9 Å². The van der Waals surface area contributed by atoms with Crippen molar-refractivity contribution in [3.63, 3.8) is 0 Å². The molecule has 0 saturated carbocycles. The van der Waals surface area contributed by atoms with Crippen LogP contribution in [0.1, 0.15) is 37.7 Å². The number of amides is 3. The van der Waals surface area contributed by atoms with Crippen molar-refractivity contribution < 1.29 is 44.1 Å². The summed E-state index contributed by atoms with van der Waals surface area (Å²) in [7, 11) is 0. The summed E-state index contributed by atoms with van der Waals surface area (Å²) in [4.78, 5) is 80.1. The summed E-state index contributed by atoms with van der Waals surface area (Å²) in [5.74, 6) is -7.17. The number of carbonyl (C=O) groups excluding carboxylic acids is 3. The van der Waals surface area contributed by atoms with Crippen LogP contribution in [0.3, 0.4) is 0 Å². The van der Waals surface area contributed by atoms with Crippen molar-refractivity contribution in [3.8, 4) is 0 Å². The van der Waals surface area contributed by atoms with Gasteiger partial charge in [0, 0.05) is 36.5 Å². The average molecular weight is 605 g/mol. The van der Waals surface area contributed by atoms with Gasteiger partial charge < -0.3 is 53.5 Å². The van der Waals surface area contributed by atoms with Crippen LogP contribution >= 0.6 is 0 Å². The van der Waals surface area contributed by atoms with Crippen molar-refractivity contribution in [3.05, 3.63) is 36.0 Å². The number of nitrogens with zero attached hydrogens (tertiary/aromatic N) is 1. The SMILES string of the molecule is NC(N)=NCCCC(N)C(=O)NC(CC(=O)O)C(=O)NC(Cc1c[nH]c2ccccc12)C(=O)NC(CCC(=O)O)C(=O)O. The molecule has 0 saturated heterocycles. The highest BCUT2D eigenvalue weighted by Crippen LogP contribution is 2.19. The molecule has 1 heterocycles. The summed E-state index contributed by atoms with van der Waals surface area (Å²) in [6.45, 7) is 0.191. The molecular formula is C26H36N8O9. The molecule has 17 nitrogen and oxygen atoms in total. The molecule has 43 heavy (non-hydrogen) atoms. The molecule has 17 heteroatoms. The predicted molar refractivity (Wildman–Crippen MR) is 152 cm³/mol. The van der Waals surface area contributed by atoms with E-state index in [1.807, 2.05) is 0 Å². The molecule has 2 aromatic rings. The molecule has 234 valence electrons. The quantitative estimate of drug-likeness (QED) is 0.0500. The summed E-state index contributed by atoms with van der Waals surface area (Å²) in [6, 6.07) is 1.25. The van der Waals surface area contributed by atoms with E-state index in [1.165, 1.54) is 0 Å². The Labute approximate surface area is 245 Å². The topological polar surface area (TPSA) is 305 Å². The van der Waals surface area contributed by atoms with E-state index in [2.05, 4.69) is 25.9 Å². The van der Waals surface area contributed by atoms with Gasteiger partial charge in [0.15, 0.2) is 5.96 Å². The number of guanidine groups is 1. The van der Waals surface area contributed by atoms with Crippen LogP contribution in [0.5, 0.6) is 0 Å². The Balaban J connectivity index is 2.26. The van der Waals surface area contributed by atoms with Crippen molar-refractivity contribution in [1.29, 1.82) is 0 Å². The lowest BCUT2D eigenvalue weighted by atomic mass is 10.0. The Morgan fingerprint density at radius 2 is 1.47 bits per heavy atom. The highest BCUT2D eigenvalue weighted by atomic mass is 16.4. The molecular weight excluding hydrogens is 568 g/mol. The molecule has 0 radical (unpaired) electrons. The first-order chi connectivity index (χ1) is 20.3. The fourth-order valence-electron chi connectivity index (χ4n) is 4.11. The second-order valence-corrected chi connectivity index (χ2v) is 9.67. The minimum atomic E-state index is -1.64. The third-order valence-corrected chi connectivity index (χ3v) is 6.31. The zero-order valence-electron chi connectivity index (χ0n) is 23.1. The molecule has 0 fully saturated rings. The third kappa shape index (κ3) is 11.3. The number of benzene rings is 1. The summed E-state index contributed by atoms with van der Waals surface area (Å²) < 4.78 is 0. The monoisotopic (exact) mass is 604 g/mol. The van der Waals surface area contributed by atoms with Gasteiger partial charge in [0.1, 0.15) is 18.1 Å². The molecule has 4 unspecified atom stereocenters. The molecule has 13 N–H and O–H groups in total. The number of nitrogens with one attached hydrogen (secondary N) is 4. The number of aliphatic carboxylic acids is 3. The number of hydrogen-bond donors (Lipinski definition) is 10. The number of carboxylic acid groups (broad SMARTS) is 3. The van der Waals surface area contributed by atoms with Crippen LogP contribution in [0.2, 0.25) is 0 Å². The number of para-hydroxylation sites is 1. The number of hydrogen-bond acceptors (Lipinski definition) is 8. The van der Waals surface area contributed by atoms with Crippen molar-refractivity contribution in [2.75, 3.05) is 6.54 Å². The Bertz CT molecular complexity index is 1360. The number of carboxylic acids is 3. The highest BCUT2D eigenvalue weighted by Gasteiger charge is 2.32. The molecule has 1 aromatic carbocycles. The van der Waals surface area contributed by atoms with Gasteiger partial charge in [-0.1, -0.05) is 18.2 Å². The second kappa shape index (κ2) is 16.3. The lowest BCUT2D eigenvalue weighted by Crippen LogP contribution is -2.58. The first kappa shape index (κ1) is 34.0. The van der Waals surface area contributed by atoms with Gasteiger partial charge in [-0.05, 0) is 30.9 Å². The van der Waals surface area contributed by atoms with E-state index in [0.29, 0.717) is 17.4 Å². The number of rotatable bonds is 18. The Hall–Kier alpha value is -5.19. The standard InChI is InChI=1S/C26H36N8O9/c27-15(5-3-9-30-26(28)29)22(39)33-19(11-21(37)38)24(41)34-18(10-13-12-31-16-6-2-1-4-14(13)16)23(40)32-17(25(42)43)7-8-20(35)36/h1-2,4,6,12,15,17-19,31H,3,5,7-11,27H2,(H,32,40)(H,33,39)(H,34,41)(H,35,36)(H,37,38)(H,42,43)(H4,28,29,30). The Morgan fingerprint density at radius 3 is 2.09 bits per heavy atom. The first-order valence-electron chi connectivity index (χ1n) is 13.2. The second-order valence-electron chi connectivity index (χ2n) is 9.67. The zero-order chi connectivity index (χ0) is 32.1. The van der Waals surface area contributed by atoms with Crippen LogP contribution in [-0.2, 0) is 35.2 Å². The van der Waals surface area contributed by atoms with Gasteiger partial charge in [-0.3, -0.25) is 29.0 Å². The van der Waals surface area contributed by atoms with E-state index in [-0.39, 0.29) is 25.3 Å². The number of H-pyrrole nitrogens is 1. The van der Waals surface area contributed by atoms with E-state index < -0.39 is 79.1 Å². The highest BCUT2D eigenvalue weighted by molar-refractivity contribution is 5.96. The maximum absolute atomic E-state index is 13.3. The molecule has 0 spiro atoms. The molecule has 3 amide bonds. The largest absolute Gasteiger partial charge is 0.481 e. The Kier molecular flexibility index (Phi) is 12.9. The van der Waals surface area contributed by atoms with Crippen LogP contribution in [0.4, 0.5) is 0 Å². The third-order valence-electron chi connectivity index (χ3n) is 6.31. The van der Waals surface area contributed by atoms with Gasteiger partial charge in [0.2, 0.25) is 17.7 Å². The number of nitrogens with two attached hydrogens (primary N) is 3. The van der Waals surface area contributed by atoms with Crippen LogP contribution in [0.15, 0.2) is 35.5 Å². The minimum absolute atomic E-state index is 0.114. The van der Waals surface area contributed by atoms with Gasteiger partial charge in [0.25, 0.3) is 0 Å². The van der Waals surface area contributed by atoms with E-state index in [1.54, 1.807) is 30.5 Å². The molecule has 0 aliphatic rings. The number of fused-ring (bicyclic) bond motifs is 1. The van der Waals surface area contributed by atoms with Gasteiger partial charge in [-0.15, -0.1) is 0 Å². The average Bonchev–Trinajstić information content (AvgIpc) is 3.34. The maximum Gasteiger partial charge on any atom is 0.326 e. The lowest BCUT2D eigenvalue weighted by molar-refractivity contribution is -0.144. The van der Waals surface area contributed by atoms with Crippen LogP contribution in [0.25, 0.3) is 10.9 Å². The van der Waals surface area contributed by atoms with Gasteiger partial charge in [-0.2, -0.15) is 0 Å². The molecule has 1 aromatic heterocycles. The first-order valence-corrected chi connectivity index (χ1v) is 13.2. The number of aromatic nitrogens is 1. The van der Waals surface area contributed by atoms with Crippen LogP contribution < -0.4 is 33.2 Å². The minimum Gasteiger partial charge on any atom is -0.481 e. The van der Waals surface area contributed by atoms with Crippen molar-refractivity contribution in [2.45, 2.75) is 62.7 Å². The normalized spacial score (nSPS) is 13.6. The fourth-order valence-corrected chi connectivity index (χ4v) is 4.11. The van der Waals surface area contributed by atoms with E-state index in [4.69, 9.17) is 22.3 Å². The van der Waals surface area contributed by atoms with E-state index in [0.717, 1.165) is 5.52 Å². The van der Waals surface area contributed by atoms with Crippen molar-refractivity contribution in [2.24, 2.45) is 22.2 Å². The zero-order valence-corrected chi connectivity index (χ0v) is 23.1. The molecule has 0 aliphatic carbocycles. The van der Waals surface area contributed by atoms with Crippen LogP contribution in [-0.4, -0.2) is 92.6 Å². The van der Waals surface area contributed by atoms with Crippen molar-refractivity contribution >= 4 is 52.5 Å². The summed E-state index contributed by atoms with van der Waals surface area (Å²) in [5, 5.41) is 35.4. The lowest BCUT2D eigenvalue weighted by Gasteiger charge is -2.24. The van der Waals surface area contributed by atoms with Gasteiger partial charge >= 0.3 is 17.9 Å². The summed E-state index contributed by atoms with van der Waals surface area (Å²) >= 11 is 0. The molecule has 2 rings (SSSR count). The fraction of sp³-hybridized carbons (Fsp3) is 0.423. The number of aromatic amines is 1. The van der Waals surface area contributed by atoms with Gasteiger partial charge in [0.05, 0.1) is 12.5 Å². The van der Waals surface area contributed by atoms with Crippen LogP contribution in [0, 0.1) is 0 Å². The number of aliphatic imine (C=N–C) groups is 1. The number of carbonyl (C=O) groups is 6. The van der Waals surface area contributed by atoms with E-state index >= 15 is 0 Å². The molecule has 0 aliphatic heterocycles. The van der Waals surface area contributed by atoms with E-state index in [9.17, 15) is 39.0 Å². The Morgan fingerprint density at radius 1 is 0.837 bits per heavy atom. The molecule has 0 bridgehead atoms. The summed E-state index contributed by atoms with van der Waals surface area (Å²) in [6.07, 6.45) is 0.0396. The smallest absolute Gasteiger partial charge is 0.326 e. The summed E-state index contributed by atoms with van der Waals surface area (Å²) in [5.41, 5.74) is 17.7. The maximum atomic E-state index is 13.3.